The van der Waals surface area contributed by atoms with E-state index in [9.17, 15) is 14.2 Å². The fraction of sp³-hybridized carbons (Fsp3) is 0.519. The fourth-order valence-corrected chi connectivity index (χ4v) is 5.61. The summed E-state index contributed by atoms with van der Waals surface area (Å²) in [4.78, 5) is 15.1. The van der Waals surface area contributed by atoms with E-state index in [1.54, 1.807) is 12.9 Å². The molecular formula is C27H34BClFNO4. The van der Waals surface area contributed by atoms with Crippen molar-refractivity contribution in [1.29, 1.82) is 0 Å². The zero-order valence-corrected chi connectivity index (χ0v) is 21.3. The van der Waals surface area contributed by atoms with Crippen LogP contribution in [0.4, 0.5) is 4.39 Å². The first-order valence-corrected chi connectivity index (χ1v) is 12.8. The molecular weight excluding hydrogens is 468 g/mol. The molecule has 1 spiro atoms. The zero-order valence-electron chi connectivity index (χ0n) is 20.5. The lowest BCUT2D eigenvalue weighted by molar-refractivity contribution is -0.193. The monoisotopic (exact) mass is 501 g/mol. The van der Waals surface area contributed by atoms with Crippen molar-refractivity contribution < 1.29 is 23.7 Å². The van der Waals surface area contributed by atoms with Crippen molar-refractivity contribution in [3.8, 4) is 11.1 Å². The van der Waals surface area contributed by atoms with E-state index in [1.165, 1.54) is 12.1 Å². The summed E-state index contributed by atoms with van der Waals surface area (Å²) in [5.41, 5.74) is 2.61. The van der Waals surface area contributed by atoms with Crippen LogP contribution in [0.5, 0.6) is 0 Å². The molecule has 0 saturated carbocycles. The molecule has 2 heterocycles. The van der Waals surface area contributed by atoms with E-state index in [0.29, 0.717) is 41.9 Å². The Bertz CT molecular complexity index is 1010. The van der Waals surface area contributed by atoms with E-state index < -0.39 is 6.92 Å². The van der Waals surface area contributed by atoms with Gasteiger partial charge in [0.05, 0.1) is 25.7 Å². The molecule has 0 bridgehead atoms. The quantitative estimate of drug-likeness (QED) is 0.353. The highest BCUT2D eigenvalue weighted by Crippen LogP contribution is 2.38. The molecule has 0 aliphatic carbocycles. The average molecular weight is 502 g/mol. The summed E-state index contributed by atoms with van der Waals surface area (Å²) < 4.78 is 25.0. The second kappa shape index (κ2) is 11.4. The van der Waals surface area contributed by atoms with Crippen molar-refractivity contribution in [2.75, 3.05) is 39.5 Å². The maximum absolute atomic E-state index is 14.3. The predicted molar refractivity (Wildman–Crippen MR) is 137 cm³/mol. The van der Waals surface area contributed by atoms with Gasteiger partial charge in [0.25, 0.3) is 6.92 Å². The summed E-state index contributed by atoms with van der Waals surface area (Å²) in [7, 11) is 0. The zero-order chi connectivity index (χ0) is 25.0. The minimum absolute atomic E-state index is 0.112. The molecule has 0 amide bonds. The van der Waals surface area contributed by atoms with Gasteiger partial charge < -0.3 is 19.4 Å². The van der Waals surface area contributed by atoms with Crippen LogP contribution in [0.3, 0.4) is 0 Å². The van der Waals surface area contributed by atoms with Gasteiger partial charge in [0, 0.05) is 35.6 Å². The molecule has 188 valence electrons. The number of benzene rings is 2. The Morgan fingerprint density at radius 3 is 2.57 bits per heavy atom. The Morgan fingerprint density at radius 2 is 1.97 bits per heavy atom. The van der Waals surface area contributed by atoms with Crippen LogP contribution in [-0.4, -0.2) is 62.3 Å². The SMILES string of the molecule is CCOC(=O)[C@@H](C[C@H](CB(C)O)Cc1ccc(-c2cc(Cl)ccc2F)cc1)CN1CC2(COC2)C1. The highest BCUT2D eigenvalue weighted by atomic mass is 35.5. The predicted octanol–water partition coefficient (Wildman–Crippen LogP) is 4.82. The topological polar surface area (TPSA) is 59.0 Å². The number of carbonyl (C=O) groups is 1. The second-order valence-corrected chi connectivity index (χ2v) is 10.8. The van der Waals surface area contributed by atoms with Gasteiger partial charge in [-0.25, -0.2) is 4.39 Å². The lowest BCUT2D eigenvalue weighted by atomic mass is 9.61. The first-order valence-electron chi connectivity index (χ1n) is 12.5. The van der Waals surface area contributed by atoms with Gasteiger partial charge in [-0.1, -0.05) is 42.7 Å². The summed E-state index contributed by atoms with van der Waals surface area (Å²) in [5, 5.41) is 10.6. The van der Waals surface area contributed by atoms with Crippen molar-refractivity contribution >= 4 is 24.5 Å². The van der Waals surface area contributed by atoms with Crippen molar-refractivity contribution in [3.05, 3.63) is 58.9 Å². The number of hydrogen-bond acceptors (Lipinski definition) is 5. The molecule has 0 radical (unpaired) electrons. The van der Waals surface area contributed by atoms with E-state index in [0.717, 1.165) is 43.9 Å². The van der Waals surface area contributed by atoms with E-state index >= 15 is 0 Å². The average Bonchev–Trinajstić information content (AvgIpc) is 2.75. The van der Waals surface area contributed by atoms with Gasteiger partial charge in [0.1, 0.15) is 5.82 Å². The first kappa shape index (κ1) is 26.1. The Balaban J connectivity index is 1.43. The fourth-order valence-electron chi connectivity index (χ4n) is 5.44. The molecule has 4 rings (SSSR count). The molecule has 1 N–H and O–H groups in total. The van der Waals surface area contributed by atoms with Gasteiger partial charge in [-0.15, -0.1) is 0 Å². The van der Waals surface area contributed by atoms with Gasteiger partial charge in [0.2, 0.25) is 0 Å². The van der Waals surface area contributed by atoms with Crippen LogP contribution in [-0.2, 0) is 20.7 Å². The molecule has 35 heavy (non-hydrogen) atoms. The van der Waals surface area contributed by atoms with Crippen LogP contribution in [0, 0.1) is 23.1 Å². The Labute approximate surface area is 212 Å². The number of halogens is 2. The third kappa shape index (κ3) is 6.65. The molecule has 2 aromatic carbocycles. The normalized spacial score (nSPS) is 18.4. The Hall–Kier alpha value is -1.93. The summed E-state index contributed by atoms with van der Waals surface area (Å²) in [6.45, 7) is 7.73. The van der Waals surface area contributed by atoms with Crippen LogP contribution in [0.1, 0.15) is 18.9 Å². The van der Waals surface area contributed by atoms with Gasteiger partial charge in [0.15, 0.2) is 0 Å². The Kier molecular flexibility index (Phi) is 8.53. The van der Waals surface area contributed by atoms with Crippen molar-refractivity contribution in [1.82, 2.24) is 4.90 Å². The van der Waals surface area contributed by atoms with E-state index in [-0.39, 0.29) is 23.6 Å². The van der Waals surface area contributed by atoms with Crippen molar-refractivity contribution in [3.63, 3.8) is 0 Å². The summed E-state index contributed by atoms with van der Waals surface area (Å²) in [6.07, 6.45) is 1.96. The lowest BCUT2D eigenvalue weighted by Crippen LogP contribution is -2.66. The maximum atomic E-state index is 14.3. The van der Waals surface area contributed by atoms with Crippen LogP contribution in [0.2, 0.25) is 18.2 Å². The van der Waals surface area contributed by atoms with Gasteiger partial charge >= 0.3 is 5.97 Å². The maximum Gasteiger partial charge on any atom is 0.310 e. The van der Waals surface area contributed by atoms with Crippen LogP contribution in [0.15, 0.2) is 42.5 Å². The molecule has 2 fully saturated rings. The third-order valence-corrected chi connectivity index (χ3v) is 7.28. The molecule has 0 aromatic heterocycles. The number of esters is 1. The molecule has 2 atom stereocenters. The highest BCUT2D eigenvalue weighted by molar-refractivity contribution is 6.48. The number of rotatable bonds is 11. The van der Waals surface area contributed by atoms with Crippen LogP contribution < -0.4 is 0 Å². The Morgan fingerprint density at radius 1 is 1.26 bits per heavy atom. The molecule has 2 aliphatic rings. The molecule has 2 aliphatic heterocycles. The molecule has 2 aromatic rings. The molecule has 8 heteroatoms. The smallest absolute Gasteiger partial charge is 0.310 e. The third-order valence-electron chi connectivity index (χ3n) is 7.04. The number of nitrogens with zero attached hydrogens (tertiary/aromatic N) is 1. The van der Waals surface area contributed by atoms with Gasteiger partial charge in [-0.3, -0.25) is 4.79 Å². The van der Waals surface area contributed by atoms with Gasteiger partial charge in [-0.05, 0) is 61.3 Å². The summed E-state index contributed by atoms with van der Waals surface area (Å²) in [6, 6.07) is 12.3. The van der Waals surface area contributed by atoms with E-state index in [4.69, 9.17) is 21.1 Å². The summed E-state index contributed by atoms with van der Waals surface area (Å²) >= 11 is 6.05. The molecule has 0 unspecified atom stereocenters. The first-order chi connectivity index (χ1) is 16.8. The second-order valence-electron chi connectivity index (χ2n) is 10.3. The van der Waals surface area contributed by atoms with Crippen LogP contribution in [0.25, 0.3) is 11.1 Å². The van der Waals surface area contributed by atoms with Crippen molar-refractivity contribution in [2.24, 2.45) is 17.3 Å². The number of hydrogen-bond donors (Lipinski definition) is 1. The minimum Gasteiger partial charge on any atom is -0.466 e. The van der Waals surface area contributed by atoms with E-state index in [1.807, 2.05) is 31.2 Å². The van der Waals surface area contributed by atoms with Crippen molar-refractivity contribution in [2.45, 2.75) is 32.9 Å². The van der Waals surface area contributed by atoms with Crippen LogP contribution >= 0.6 is 11.6 Å². The molecule has 2 saturated heterocycles. The lowest BCUT2D eigenvalue weighted by Gasteiger charge is -2.55. The highest BCUT2D eigenvalue weighted by Gasteiger charge is 2.49. The number of ether oxygens (including phenoxy) is 2. The number of carbonyl (C=O) groups excluding carboxylic acids is 1. The molecule has 5 nitrogen and oxygen atoms in total. The largest absolute Gasteiger partial charge is 0.466 e. The van der Waals surface area contributed by atoms with E-state index in [2.05, 4.69) is 4.90 Å². The van der Waals surface area contributed by atoms with Gasteiger partial charge in [-0.2, -0.15) is 0 Å². The minimum atomic E-state index is -0.470. The summed E-state index contributed by atoms with van der Waals surface area (Å²) in [5.74, 6) is -0.606. The number of likely N-dealkylation sites (tertiary alicyclic amines) is 1. The standard InChI is InChI=1S/C27H34BClFNO4/c1-3-35-26(32)22(14-31-15-27(16-31)17-34-18-27)11-20(13-28(2)33)10-19-4-6-21(7-5-19)24-12-23(29)8-9-25(24)30/h4-9,12,20,22,33H,3,10-11,13-18H2,1-2H3/t20-,22+/m1/s1.